The Morgan fingerprint density at radius 2 is 1.77 bits per heavy atom. The van der Waals surface area contributed by atoms with Gasteiger partial charge in [0, 0.05) is 31.7 Å². The monoisotopic (exact) mass is 417 g/mol. The number of anilines is 1. The molecule has 0 N–H and O–H groups in total. The molecule has 1 saturated heterocycles. The molecule has 7 nitrogen and oxygen atoms in total. The number of fused-ring (bicyclic) bond motifs is 1. The van der Waals surface area contributed by atoms with E-state index in [1.54, 1.807) is 7.05 Å². The lowest BCUT2D eigenvalue weighted by atomic mass is 10.2. The van der Waals surface area contributed by atoms with Crippen LogP contribution in [0.1, 0.15) is 18.4 Å². The van der Waals surface area contributed by atoms with Crippen molar-refractivity contribution < 1.29 is 0 Å². The Hall–Kier alpha value is -2.35. The second-order valence-electron chi connectivity index (χ2n) is 6.66. The van der Waals surface area contributed by atoms with E-state index in [4.69, 9.17) is 4.98 Å². The summed E-state index contributed by atoms with van der Waals surface area (Å²) in [6.07, 6.45) is 2.21. The van der Waals surface area contributed by atoms with Crippen molar-refractivity contribution >= 4 is 33.0 Å². The Bertz CT molecular complexity index is 1110. The van der Waals surface area contributed by atoms with Crippen LogP contribution in [-0.4, -0.2) is 31.8 Å². The van der Waals surface area contributed by atoms with Gasteiger partial charge in [-0.2, -0.15) is 4.98 Å². The topological polar surface area (TPSA) is 65.1 Å². The fourth-order valence-electron chi connectivity index (χ4n) is 3.54. The zero-order valence-corrected chi connectivity index (χ0v) is 16.4. The molecule has 3 heterocycles. The Morgan fingerprint density at radius 1 is 1.08 bits per heavy atom. The molecule has 8 heteroatoms. The van der Waals surface area contributed by atoms with Gasteiger partial charge in [-0.3, -0.25) is 18.5 Å². The first-order chi connectivity index (χ1) is 12.5. The predicted octanol–water partition coefficient (Wildman–Crippen LogP) is 1.84. The molecular formula is C18H20BrN5O2. The third kappa shape index (κ3) is 2.59. The van der Waals surface area contributed by atoms with Crippen molar-refractivity contribution in [3.05, 3.63) is 55.1 Å². The highest BCUT2D eigenvalue weighted by molar-refractivity contribution is 9.10. The molecule has 0 bridgehead atoms. The number of nitrogens with zero attached hydrogens (tertiary/aromatic N) is 5. The number of benzene rings is 1. The fraction of sp³-hybridized carbons (Fsp3) is 0.389. The van der Waals surface area contributed by atoms with E-state index >= 15 is 0 Å². The predicted molar refractivity (Wildman–Crippen MR) is 105 cm³/mol. The maximum absolute atomic E-state index is 12.9. The van der Waals surface area contributed by atoms with Crippen LogP contribution in [0.4, 0.5) is 5.95 Å². The van der Waals surface area contributed by atoms with Crippen LogP contribution in [0, 0.1) is 0 Å². The lowest BCUT2D eigenvalue weighted by Gasteiger charge is -2.18. The van der Waals surface area contributed by atoms with Gasteiger partial charge < -0.3 is 4.90 Å². The van der Waals surface area contributed by atoms with Crippen LogP contribution < -0.4 is 16.1 Å². The van der Waals surface area contributed by atoms with Crippen molar-refractivity contribution in [2.24, 2.45) is 14.1 Å². The Labute approximate surface area is 158 Å². The Kier molecular flexibility index (Phi) is 4.22. The van der Waals surface area contributed by atoms with E-state index in [1.165, 1.54) is 11.6 Å². The van der Waals surface area contributed by atoms with Gasteiger partial charge in [-0.1, -0.05) is 34.1 Å². The van der Waals surface area contributed by atoms with E-state index in [0.29, 0.717) is 17.7 Å². The van der Waals surface area contributed by atoms with E-state index in [2.05, 4.69) is 20.8 Å². The minimum atomic E-state index is -0.360. The molecule has 1 aliphatic rings. The second kappa shape index (κ2) is 6.42. The van der Waals surface area contributed by atoms with E-state index in [-0.39, 0.29) is 11.2 Å². The SMILES string of the molecule is Cn1c(=O)c2c(nc(N3CCCC3)n2Cc2ccccc2Br)n(C)c1=O. The molecule has 1 aromatic carbocycles. The van der Waals surface area contributed by atoms with E-state index in [1.807, 2.05) is 28.8 Å². The highest BCUT2D eigenvalue weighted by Crippen LogP contribution is 2.26. The average Bonchev–Trinajstić information content (AvgIpc) is 3.28. The molecule has 0 radical (unpaired) electrons. The lowest BCUT2D eigenvalue weighted by molar-refractivity contribution is 0.701. The van der Waals surface area contributed by atoms with Gasteiger partial charge in [-0.25, -0.2) is 4.79 Å². The molecule has 1 aliphatic heterocycles. The van der Waals surface area contributed by atoms with Crippen molar-refractivity contribution in [2.45, 2.75) is 19.4 Å². The summed E-state index contributed by atoms with van der Waals surface area (Å²) in [5.41, 5.74) is 1.29. The van der Waals surface area contributed by atoms with Crippen molar-refractivity contribution in [3.8, 4) is 0 Å². The van der Waals surface area contributed by atoms with Gasteiger partial charge in [0.25, 0.3) is 5.56 Å². The smallest absolute Gasteiger partial charge is 0.332 e. The molecule has 2 aromatic heterocycles. The summed E-state index contributed by atoms with van der Waals surface area (Å²) in [5.74, 6) is 0.756. The van der Waals surface area contributed by atoms with Gasteiger partial charge in [-0.15, -0.1) is 0 Å². The maximum Gasteiger partial charge on any atom is 0.332 e. The number of imidazole rings is 1. The minimum absolute atomic E-state index is 0.312. The van der Waals surface area contributed by atoms with Gasteiger partial charge in [0.05, 0.1) is 6.54 Å². The summed E-state index contributed by atoms with van der Waals surface area (Å²) in [7, 11) is 3.17. The van der Waals surface area contributed by atoms with Gasteiger partial charge in [0.1, 0.15) is 0 Å². The molecule has 26 heavy (non-hydrogen) atoms. The van der Waals surface area contributed by atoms with Crippen molar-refractivity contribution in [1.82, 2.24) is 18.7 Å². The fourth-order valence-corrected chi connectivity index (χ4v) is 3.95. The normalized spacial score (nSPS) is 14.5. The van der Waals surface area contributed by atoms with E-state index < -0.39 is 0 Å². The number of halogens is 1. The number of aryl methyl sites for hydroxylation is 1. The number of hydrogen-bond acceptors (Lipinski definition) is 4. The van der Waals surface area contributed by atoms with Crippen LogP contribution in [0.5, 0.6) is 0 Å². The van der Waals surface area contributed by atoms with E-state index in [9.17, 15) is 9.59 Å². The largest absolute Gasteiger partial charge is 0.342 e. The molecule has 0 aliphatic carbocycles. The third-order valence-electron chi connectivity index (χ3n) is 5.00. The average molecular weight is 418 g/mol. The van der Waals surface area contributed by atoms with Crippen LogP contribution in [0.2, 0.25) is 0 Å². The zero-order chi connectivity index (χ0) is 18.4. The summed E-state index contributed by atoms with van der Waals surface area (Å²) in [6.45, 7) is 2.33. The molecular weight excluding hydrogens is 398 g/mol. The van der Waals surface area contributed by atoms with E-state index in [0.717, 1.165) is 46.5 Å². The van der Waals surface area contributed by atoms with Gasteiger partial charge in [-0.05, 0) is 24.5 Å². The first-order valence-corrected chi connectivity index (χ1v) is 9.43. The van der Waals surface area contributed by atoms with Gasteiger partial charge >= 0.3 is 5.69 Å². The Morgan fingerprint density at radius 3 is 2.46 bits per heavy atom. The molecule has 0 amide bonds. The molecule has 0 saturated carbocycles. The standard InChI is InChI=1S/C18H20BrN5O2/c1-21-15-14(16(25)22(2)18(21)26)24(11-12-7-3-4-8-13(12)19)17(20-15)23-9-5-6-10-23/h3-4,7-8H,5-6,9-11H2,1-2H3. The first kappa shape index (κ1) is 17.1. The van der Waals surface area contributed by atoms with Crippen molar-refractivity contribution in [1.29, 1.82) is 0 Å². The van der Waals surface area contributed by atoms with Crippen molar-refractivity contribution in [2.75, 3.05) is 18.0 Å². The Balaban J connectivity index is 2.02. The highest BCUT2D eigenvalue weighted by atomic mass is 79.9. The van der Waals surface area contributed by atoms with Gasteiger partial charge in [0.2, 0.25) is 5.95 Å². The molecule has 0 atom stereocenters. The summed E-state index contributed by atoms with van der Waals surface area (Å²) in [4.78, 5) is 32.1. The quantitative estimate of drug-likeness (QED) is 0.651. The van der Waals surface area contributed by atoms with Gasteiger partial charge in [0.15, 0.2) is 11.2 Å². The number of rotatable bonds is 3. The summed E-state index contributed by atoms with van der Waals surface area (Å²) >= 11 is 3.59. The van der Waals surface area contributed by atoms with Crippen LogP contribution >= 0.6 is 15.9 Å². The van der Waals surface area contributed by atoms with Crippen LogP contribution in [0.25, 0.3) is 11.2 Å². The second-order valence-corrected chi connectivity index (χ2v) is 7.52. The first-order valence-electron chi connectivity index (χ1n) is 8.63. The highest BCUT2D eigenvalue weighted by Gasteiger charge is 2.24. The van der Waals surface area contributed by atoms with Crippen LogP contribution in [-0.2, 0) is 20.6 Å². The third-order valence-corrected chi connectivity index (χ3v) is 5.78. The van der Waals surface area contributed by atoms with Crippen molar-refractivity contribution in [3.63, 3.8) is 0 Å². The lowest BCUT2D eigenvalue weighted by Crippen LogP contribution is -2.37. The maximum atomic E-state index is 12.9. The molecule has 0 spiro atoms. The van der Waals surface area contributed by atoms with Crippen LogP contribution in [0.3, 0.4) is 0 Å². The number of hydrogen-bond donors (Lipinski definition) is 0. The van der Waals surface area contributed by atoms with Crippen LogP contribution in [0.15, 0.2) is 38.3 Å². The molecule has 136 valence electrons. The molecule has 1 fully saturated rings. The number of aromatic nitrogens is 4. The zero-order valence-electron chi connectivity index (χ0n) is 14.8. The summed E-state index contributed by atoms with van der Waals surface area (Å²) in [6, 6.07) is 7.94. The molecule has 4 rings (SSSR count). The summed E-state index contributed by atoms with van der Waals surface area (Å²) in [5, 5.41) is 0. The molecule has 0 unspecified atom stereocenters. The molecule has 3 aromatic rings. The minimum Gasteiger partial charge on any atom is -0.342 e. The summed E-state index contributed by atoms with van der Waals surface area (Å²) < 4.78 is 5.53.